The van der Waals surface area contributed by atoms with Gasteiger partial charge in [-0.3, -0.25) is 38.5 Å². The number of esters is 4. The minimum Gasteiger partial charge on any atom is -0.459 e. The number of hydrogen-bond acceptors (Lipinski definition) is 13. The van der Waals surface area contributed by atoms with E-state index in [1.807, 2.05) is 0 Å². The number of carbonyl (C=O) groups excluding carboxylic acids is 7. The lowest BCUT2D eigenvalue weighted by molar-refractivity contribution is -0.164. The molecule has 0 saturated carbocycles. The molecule has 0 radical (unpaired) electrons. The van der Waals surface area contributed by atoms with E-state index in [9.17, 15) is 33.6 Å². The molecular weight excluding hydrogens is 666 g/mol. The van der Waals surface area contributed by atoms with E-state index in [1.54, 1.807) is 93.8 Å². The minimum absolute atomic E-state index is 0.105. The first-order chi connectivity index (χ1) is 23.2. The van der Waals surface area contributed by atoms with Crippen molar-refractivity contribution in [3.8, 4) is 0 Å². The van der Waals surface area contributed by atoms with Gasteiger partial charge >= 0.3 is 23.9 Å². The fourth-order valence-electron chi connectivity index (χ4n) is 4.47. The fourth-order valence-corrected chi connectivity index (χ4v) is 4.47. The number of nitrogens with zero attached hydrogens (tertiary/aromatic N) is 5. The van der Waals surface area contributed by atoms with Gasteiger partial charge in [-0.1, -0.05) is 0 Å². The Hall–Kier alpha value is -4.34. The normalized spacial score (nSPS) is 12.2. The van der Waals surface area contributed by atoms with Crippen molar-refractivity contribution in [1.82, 2.24) is 24.3 Å². The molecule has 1 aromatic heterocycles. The summed E-state index contributed by atoms with van der Waals surface area (Å²) in [7, 11) is 0. The molecule has 0 bridgehead atoms. The molecule has 0 aliphatic carbocycles. The zero-order valence-electron chi connectivity index (χ0n) is 32.3. The highest BCUT2D eigenvalue weighted by Crippen LogP contribution is 2.13. The fraction of sp³-hybridized carbons (Fsp3) is 0.714. The first-order valence-electron chi connectivity index (χ1n) is 16.8. The molecule has 0 saturated heterocycles. The number of aryl methyl sites for hydroxylation is 1. The zero-order chi connectivity index (χ0) is 39.4. The maximum atomic E-state index is 13.8. The van der Waals surface area contributed by atoms with E-state index in [1.165, 1.54) is 11.1 Å². The van der Waals surface area contributed by atoms with Crippen LogP contribution in [0.15, 0.2) is 12.4 Å². The van der Waals surface area contributed by atoms with Crippen molar-refractivity contribution in [2.45, 2.75) is 118 Å². The summed E-state index contributed by atoms with van der Waals surface area (Å²) in [4.78, 5) is 97.6. The molecule has 288 valence electrons. The smallest absolute Gasteiger partial charge is 0.326 e. The van der Waals surface area contributed by atoms with Gasteiger partial charge in [0, 0.05) is 25.5 Å². The SMILES string of the molecule is CC(C)(C)OC(=O)CN(CC(=O)OC(C)(C)C)C(=O)CN(CCCn1ccnc1C=O)CC(=O)N(CC(=O)OC(C)(C)C)CC(=O)OC(C)(C)C. The Morgan fingerprint density at radius 1 is 0.608 bits per heavy atom. The monoisotopic (exact) mass is 723 g/mol. The summed E-state index contributed by atoms with van der Waals surface area (Å²) >= 11 is 0. The van der Waals surface area contributed by atoms with Crippen LogP contribution in [0.4, 0.5) is 0 Å². The van der Waals surface area contributed by atoms with E-state index in [2.05, 4.69) is 4.98 Å². The van der Waals surface area contributed by atoms with E-state index in [-0.39, 0.29) is 12.4 Å². The Kier molecular flexibility index (Phi) is 16.4. The summed E-state index contributed by atoms with van der Waals surface area (Å²) < 4.78 is 23.2. The van der Waals surface area contributed by atoms with Crippen LogP contribution < -0.4 is 0 Å². The van der Waals surface area contributed by atoms with Gasteiger partial charge < -0.3 is 33.3 Å². The molecule has 0 spiro atoms. The van der Waals surface area contributed by atoms with Crippen LogP contribution in [0.5, 0.6) is 0 Å². The maximum absolute atomic E-state index is 13.8. The van der Waals surface area contributed by atoms with Gasteiger partial charge in [0.2, 0.25) is 11.8 Å². The van der Waals surface area contributed by atoms with Crippen molar-refractivity contribution >= 4 is 42.0 Å². The Balaban J connectivity index is 3.41. The standard InChI is InChI=1S/C35H57N5O11/c1-32(2,3)48-28(44)20-39(21-29(45)49-33(4,5)6)26(42)18-37(15-13-16-38-17-14-36-25(38)24-41)19-27(43)40(22-30(46)50-34(7,8)9)23-31(47)51-35(10,11)12/h14,17,24H,13,15-16,18-23H2,1-12H3. The maximum Gasteiger partial charge on any atom is 0.326 e. The highest BCUT2D eigenvalue weighted by atomic mass is 16.6. The molecule has 1 heterocycles. The third-order valence-corrected chi connectivity index (χ3v) is 6.11. The van der Waals surface area contributed by atoms with Crippen LogP contribution in [-0.4, -0.2) is 134 Å². The van der Waals surface area contributed by atoms with E-state index in [4.69, 9.17) is 18.9 Å². The molecule has 16 heteroatoms. The highest BCUT2D eigenvalue weighted by Gasteiger charge is 2.31. The quantitative estimate of drug-likeness (QED) is 0.130. The van der Waals surface area contributed by atoms with Gasteiger partial charge in [0.1, 0.15) is 48.6 Å². The van der Waals surface area contributed by atoms with Gasteiger partial charge in [-0.05, 0) is 89.5 Å². The van der Waals surface area contributed by atoms with E-state index in [0.717, 1.165) is 9.80 Å². The van der Waals surface area contributed by atoms with Crippen molar-refractivity contribution in [2.24, 2.45) is 0 Å². The number of aromatic nitrogens is 2. The van der Waals surface area contributed by atoms with Gasteiger partial charge in [0.25, 0.3) is 0 Å². The molecule has 2 amide bonds. The second kappa shape index (κ2) is 18.8. The number of hydrogen-bond donors (Lipinski definition) is 0. The van der Waals surface area contributed by atoms with Crippen LogP contribution in [0, 0.1) is 0 Å². The Morgan fingerprint density at radius 3 is 1.24 bits per heavy atom. The molecule has 0 fully saturated rings. The third kappa shape index (κ3) is 20.2. The second-order valence-electron chi connectivity index (χ2n) is 16.0. The minimum atomic E-state index is -0.865. The predicted molar refractivity (Wildman–Crippen MR) is 185 cm³/mol. The molecule has 0 unspecified atom stereocenters. The highest BCUT2D eigenvalue weighted by molar-refractivity contribution is 5.89. The largest absolute Gasteiger partial charge is 0.459 e. The van der Waals surface area contributed by atoms with Crippen LogP contribution in [0.1, 0.15) is 100 Å². The number of carbonyl (C=O) groups is 7. The Morgan fingerprint density at radius 2 is 0.941 bits per heavy atom. The molecule has 16 nitrogen and oxygen atoms in total. The van der Waals surface area contributed by atoms with E-state index >= 15 is 0 Å². The van der Waals surface area contributed by atoms with E-state index < -0.39 is 97.4 Å². The lowest BCUT2D eigenvalue weighted by atomic mass is 10.2. The van der Waals surface area contributed by atoms with Crippen LogP contribution >= 0.6 is 0 Å². The third-order valence-electron chi connectivity index (χ3n) is 6.11. The topological polar surface area (TPSA) is 184 Å². The summed E-state index contributed by atoms with van der Waals surface area (Å²) in [5, 5.41) is 0. The summed E-state index contributed by atoms with van der Waals surface area (Å²) in [5.74, 6) is -4.23. The van der Waals surface area contributed by atoms with Gasteiger partial charge in [-0.2, -0.15) is 0 Å². The predicted octanol–water partition coefficient (Wildman–Crippen LogP) is 2.41. The number of ether oxygens (including phenoxy) is 4. The number of imidazole rings is 1. The molecule has 0 aliphatic heterocycles. The van der Waals surface area contributed by atoms with Crippen LogP contribution in [-0.2, 0) is 54.3 Å². The first-order valence-corrected chi connectivity index (χ1v) is 16.8. The van der Waals surface area contributed by atoms with Gasteiger partial charge in [-0.25, -0.2) is 4.98 Å². The summed E-state index contributed by atoms with van der Waals surface area (Å²) in [6.07, 6.45) is 4.00. The van der Waals surface area contributed by atoms with Gasteiger partial charge in [0.05, 0.1) is 13.1 Å². The Bertz CT molecular complexity index is 1240. The molecule has 0 aromatic carbocycles. The van der Waals surface area contributed by atoms with Crippen LogP contribution in [0.25, 0.3) is 0 Å². The number of aldehydes is 1. The zero-order valence-corrected chi connectivity index (χ0v) is 32.3. The van der Waals surface area contributed by atoms with Crippen LogP contribution in [0.2, 0.25) is 0 Å². The van der Waals surface area contributed by atoms with E-state index in [0.29, 0.717) is 19.3 Å². The molecule has 0 atom stereocenters. The number of amides is 2. The number of rotatable bonds is 17. The lowest BCUT2D eigenvalue weighted by Gasteiger charge is -2.30. The lowest BCUT2D eigenvalue weighted by Crippen LogP contribution is -2.50. The van der Waals surface area contributed by atoms with Gasteiger partial charge in [0.15, 0.2) is 12.1 Å². The van der Waals surface area contributed by atoms with Crippen molar-refractivity contribution < 1.29 is 52.5 Å². The van der Waals surface area contributed by atoms with Crippen LogP contribution in [0.3, 0.4) is 0 Å². The van der Waals surface area contributed by atoms with Crippen molar-refractivity contribution in [3.05, 3.63) is 18.2 Å². The summed E-state index contributed by atoms with van der Waals surface area (Å²) in [5.41, 5.74) is -3.46. The second-order valence-corrected chi connectivity index (χ2v) is 16.0. The Labute approximate surface area is 301 Å². The molecule has 0 aliphatic rings. The average Bonchev–Trinajstić information content (AvgIpc) is 3.35. The molecule has 0 N–H and O–H groups in total. The first kappa shape index (κ1) is 44.7. The van der Waals surface area contributed by atoms with Gasteiger partial charge in [-0.15, -0.1) is 0 Å². The average molecular weight is 724 g/mol. The van der Waals surface area contributed by atoms with Crippen molar-refractivity contribution in [3.63, 3.8) is 0 Å². The molecule has 1 aromatic rings. The van der Waals surface area contributed by atoms with Crippen molar-refractivity contribution in [2.75, 3.05) is 45.8 Å². The molecule has 1 rings (SSSR count). The molecule has 51 heavy (non-hydrogen) atoms. The molecular formula is C35H57N5O11. The summed E-state index contributed by atoms with van der Waals surface area (Å²) in [6.45, 7) is 17.2. The van der Waals surface area contributed by atoms with Crippen molar-refractivity contribution in [1.29, 1.82) is 0 Å². The summed E-state index contributed by atoms with van der Waals surface area (Å²) in [6, 6.07) is 0.